The number of piperidine rings is 1. The lowest BCUT2D eigenvalue weighted by Crippen LogP contribution is -2.37. The van der Waals surface area contributed by atoms with Crippen molar-refractivity contribution in [3.8, 4) is 0 Å². The smallest absolute Gasteiger partial charge is 0.0817 e. The molecule has 1 saturated heterocycles. The predicted octanol–water partition coefficient (Wildman–Crippen LogP) is 1.90. The van der Waals surface area contributed by atoms with Crippen LogP contribution in [0.5, 0.6) is 0 Å². The largest absolute Gasteiger partial charge is 0.374 e. The summed E-state index contributed by atoms with van der Waals surface area (Å²) < 4.78 is 5.34. The molecule has 70 valence electrons. The van der Waals surface area contributed by atoms with Crippen molar-refractivity contribution in [3.05, 3.63) is 11.6 Å². The van der Waals surface area contributed by atoms with Crippen LogP contribution in [0.3, 0.4) is 0 Å². The molecule has 1 heterocycles. The van der Waals surface area contributed by atoms with Crippen LogP contribution in [0.15, 0.2) is 11.6 Å². The third kappa shape index (κ3) is 4.10. The van der Waals surface area contributed by atoms with Crippen LogP contribution < -0.4 is 5.32 Å². The minimum absolute atomic E-state index is 0.472. The van der Waals surface area contributed by atoms with Crippen molar-refractivity contribution in [1.29, 1.82) is 0 Å². The molecule has 0 aliphatic carbocycles. The second-order valence-electron chi connectivity index (χ2n) is 3.18. The molecule has 1 rings (SSSR count). The van der Waals surface area contributed by atoms with E-state index in [-0.39, 0.29) is 0 Å². The maximum absolute atomic E-state index is 5.56. The Morgan fingerprint density at radius 3 is 3.00 bits per heavy atom. The summed E-state index contributed by atoms with van der Waals surface area (Å²) in [6.45, 7) is 5.91. The van der Waals surface area contributed by atoms with Crippen molar-refractivity contribution in [2.45, 2.75) is 25.3 Å². The minimum Gasteiger partial charge on any atom is -0.374 e. The molecule has 0 amide bonds. The lowest BCUT2D eigenvalue weighted by molar-refractivity contribution is 0.124. The molecule has 3 heteroatoms. The molecule has 0 aromatic heterocycles. The van der Waals surface area contributed by atoms with Gasteiger partial charge >= 0.3 is 0 Å². The van der Waals surface area contributed by atoms with Gasteiger partial charge < -0.3 is 10.1 Å². The standard InChI is InChI=1S/C9H16ClNO/c1-8(10)6-12-7-9-4-2-3-5-11-9/h9,11H,1-7H2. The van der Waals surface area contributed by atoms with E-state index in [2.05, 4.69) is 11.9 Å². The highest BCUT2D eigenvalue weighted by Crippen LogP contribution is 2.07. The number of hydrogen-bond acceptors (Lipinski definition) is 2. The normalized spacial score (nSPS) is 23.9. The summed E-state index contributed by atoms with van der Waals surface area (Å²) in [5, 5.41) is 3.97. The molecule has 12 heavy (non-hydrogen) atoms. The highest BCUT2D eigenvalue weighted by atomic mass is 35.5. The third-order valence-electron chi connectivity index (χ3n) is 1.99. The fourth-order valence-electron chi connectivity index (χ4n) is 1.38. The van der Waals surface area contributed by atoms with Gasteiger partial charge in [-0.3, -0.25) is 0 Å². The minimum atomic E-state index is 0.472. The van der Waals surface area contributed by atoms with Gasteiger partial charge in [0, 0.05) is 11.1 Å². The Balaban J connectivity index is 2.01. The summed E-state index contributed by atoms with van der Waals surface area (Å²) in [5.74, 6) is 0. The third-order valence-corrected chi connectivity index (χ3v) is 2.10. The summed E-state index contributed by atoms with van der Waals surface area (Å²) in [7, 11) is 0. The molecule has 0 aromatic carbocycles. The van der Waals surface area contributed by atoms with Gasteiger partial charge in [0.1, 0.15) is 0 Å². The molecule has 0 spiro atoms. The van der Waals surface area contributed by atoms with Gasteiger partial charge in [0.05, 0.1) is 13.2 Å². The molecular formula is C9H16ClNO. The summed E-state index contributed by atoms with van der Waals surface area (Å²) in [6, 6.07) is 0.523. The molecule has 0 aromatic rings. The zero-order valence-corrected chi connectivity index (χ0v) is 8.07. The predicted molar refractivity (Wildman–Crippen MR) is 51.5 cm³/mol. The molecule has 1 aliphatic rings. The molecule has 1 unspecified atom stereocenters. The van der Waals surface area contributed by atoms with Crippen molar-refractivity contribution in [1.82, 2.24) is 5.32 Å². The van der Waals surface area contributed by atoms with E-state index >= 15 is 0 Å². The fraction of sp³-hybridized carbons (Fsp3) is 0.778. The molecule has 1 aliphatic heterocycles. The highest BCUT2D eigenvalue weighted by Gasteiger charge is 2.11. The Morgan fingerprint density at radius 2 is 2.42 bits per heavy atom. The van der Waals surface area contributed by atoms with Gasteiger partial charge in [0.15, 0.2) is 0 Å². The number of halogens is 1. The SMILES string of the molecule is C=C(Cl)COCC1CCCCN1. The number of rotatable bonds is 4. The summed E-state index contributed by atoms with van der Waals surface area (Å²) in [6.07, 6.45) is 3.82. The first-order valence-electron chi connectivity index (χ1n) is 4.43. The summed E-state index contributed by atoms with van der Waals surface area (Å²) in [5.41, 5.74) is 0. The van der Waals surface area contributed by atoms with Crippen LogP contribution >= 0.6 is 11.6 Å². The van der Waals surface area contributed by atoms with Gasteiger partial charge in [-0.1, -0.05) is 24.6 Å². The van der Waals surface area contributed by atoms with E-state index in [1.165, 1.54) is 19.3 Å². The molecule has 0 bridgehead atoms. The van der Waals surface area contributed by atoms with Crippen molar-refractivity contribution in [2.24, 2.45) is 0 Å². The Kier molecular flexibility index (Phi) is 4.66. The lowest BCUT2D eigenvalue weighted by Gasteiger charge is -2.22. The quantitative estimate of drug-likeness (QED) is 0.730. The topological polar surface area (TPSA) is 21.3 Å². The summed E-state index contributed by atoms with van der Waals surface area (Å²) in [4.78, 5) is 0. The zero-order valence-electron chi connectivity index (χ0n) is 7.31. The molecule has 0 radical (unpaired) electrons. The van der Waals surface area contributed by atoms with E-state index < -0.39 is 0 Å². The average Bonchev–Trinajstić information content (AvgIpc) is 2.05. The van der Waals surface area contributed by atoms with E-state index in [9.17, 15) is 0 Å². The second-order valence-corrected chi connectivity index (χ2v) is 3.71. The van der Waals surface area contributed by atoms with E-state index in [1.807, 2.05) is 0 Å². The number of nitrogens with one attached hydrogen (secondary N) is 1. The molecule has 1 N–H and O–H groups in total. The van der Waals surface area contributed by atoms with Gasteiger partial charge in [0.2, 0.25) is 0 Å². The Bertz CT molecular complexity index is 143. The van der Waals surface area contributed by atoms with Crippen LogP contribution in [-0.4, -0.2) is 25.8 Å². The Hall–Kier alpha value is -0.0500. The maximum Gasteiger partial charge on any atom is 0.0817 e. The summed E-state index contributed by atoms with van der Waals surface area (Å²) >= 11 is 5.56. The number of ether oxygens (including phenoxy) is 1. The van der Waals surface area contributed by atoms with Crippen molar-refractivity contribution in [2.75, 3.05) is 19.8 Å². The first kappa shape index (κ1) is 10.0. The van der Waals surface area contributed by atoms with Gasteiger partial charge in [-0.15, -0.1) is 0 Å². The zero-order chi connectivity index (χ0) is 8.81. The Morgan fingerprint density at radius 1 is 1.58 bits per heavy atom. The average molecular weight is 190 g/mol. The molecule has 1 atom stereocenters. The molecular weight excluding hydrogens is 174 g/mol. The lowest BCUT2D eigenvalue weighted by atomic mass is 10.1. The monoisotopic (exact) mass is 189 g/mol. The maximum atomic E-state index is 5.56. The van der Waals surface area contributed by atoms with Gasteiger partial charge in [0.25, 0.3) is 0 Å². The fourth-order valence-corrected chi connectivity index (χ4v) is 1.46. The van der Waals surface area contributed by atoms with Gasteiger partial charge in [-0.25, -0.2) is 0 Å². The van der Waals surface area contributed by atoms with E-state index in [0.29, 0.717) is 17.7 Å². The Labute approximate surface area is 78.9 Å². The van der Waals surface area contributed by atoms with Crippen molar-refractivity contribution < 1.29 is 4.74 Å². The van der Waals surface area contributed by atoms with Crippen LogP contribution in [-0.2, 0) is 4.74 Å². The van der Waals surface area contributed by atoms with Crippen LogP contribution in [0, 0.1) is 0 Å². The van der Waals surface area contributed by atoms with E-state index in [4.69, 9.17) is 16.3 Å². The van der Waals surface area contributed by atoms with Gasteiger partial charge in [-0.2, -0.15) is 0 Å². The van der Waals surface area contributed by atoms with Crippen LogP contribution in [0.25, 0.3) is 0 Å². The molecule has 0 saturated carbocycles. The van der Waals surface area contributed by atoms with Crippen LogP contribution in [0.2, 0.25) is 0 Å². The number of hydrogen-bond donors (Lipinski definition) is 1. The second kappa shape index (κ2) is 5.57. The van der Waals surface area contributed by atoms with Gasteiger partial charge in [-0.05, 0) is 19.4 Å². The molecule has 2 nitrogen and oxygen atoms in total. The highest BCUT2D eigenvalue weighted by molar-refractivity contribution is 6.29. The van der Waals surface area contributed by atoms with Crippen molar-refractivity contribution in [3.63, 3.8) is 0 Å². The van der Waals surface area contributed by atoms with Crippen LogP contribution in [0.4, 0.5) is 0 Å². The van der Waals surface area contributed by atoms with E-state index in [0.717, 1.165) is 13.2 Å². The molecule has 1 fully saturated rings. The first-order chi connectivity index (χ1) is 5.79. The first-order valence-corrected chi connectivity index (χ1v) is 4.81. The van der Waals surface area contributed by atoms with Crippen LogP contribution in [0.1, 0.15) is 19.3 Å². The van der Waals surface area contributed by atoms with Crippen molar-refractivity contribution >= 4 is 11.6 Å². The van der Waals surface area contributed by atoms with E-state index in [1.54, 1.807) is 0 Å².